The monoisotopic (exact) mass is 558 g/mol. The van der Waals surface area contributed by atoms with Crippen LogP contribution in [0.1, 0.15) is 45.8 Å². The highest BCUT2D eigenvalue weighted by atomic mass is 35.5. The SMILES string of the molecule is Cc1ccc(C(F)(F)CNC(=O)c2c(S(=N)(=O)c3cccc(C4CC4)c3F)nnc3ccccc23)c(Cl)c1. The topological polar surface area (TPSA) is 95.8 Å². The fourth-order valence-electron chi connectivity index (χ4n) is 4.31. The second-order valence-corrected chi connectivity index (χ2v) is 11.6. The maximum Gasteiger partial charge on any atom is 0.291 e. The Morgan fingerprint density at radius 3 is 2.58 bits per heavy atom. The lowest BCUT2D eigenvalue weighted by Gasteiger charge is -2.20. The molecule has 1 aromatic heterocycles. The van der Waals surface area contributed by atoms with Gasteiger partial charge < -0.3 is 5.32 Å². The molecule has 5 rings (SSSR count). The minimum Gasteiger partial charge on any atom is -0.345 e. The third kappa shape index (κ3) is 4.74. The standard InChI is InChI=1S/C27H22ClF3N4O2S/c1-15-9-12-19(20(28)13-15)27(30,31)14-33-25(36)23-18-5-2-3-7-21(18)34-35-26(23)38(32,37)22-8-4-6-17(24(22)29)16-10-11-16/h2-9,12-13,16,32H,10-11,14H2,1H3,(H,33,36). The number of alkyl halides is 2. The summed E-state index contributed by atoms with van der Waals surface area (Å²) in [5, 5.41) is 9.42. The number of rotatable bonds is 7. The summed E-state index contributed by atoms with van der Waals surface area (Å²) in [6, 6.07) is 14.6. The number of aryl methyl sites for hydroxylation is 1. The second-order valence-electron chi connectivity index (χ2n) is 9.26. The lowest BCUT2D eigenvalue weighted by atomic mass is 10.1. The summed E-state index contributed by atoms with van der Waals surface area (Å²) in [6.07, 6.45) is 1.56. The molecule has 6 nitrogen and oxygen atoms in total. The minimum absolute atomic E-state index is 0.0218. The number of fused-ring (bicyclic) bond motifs is 1. The number of nitrogens with zero attached hydrogens (tertiary/aromatic N) is 2. The molecule has 0 spiro atoms. The summed E-state index contributed by atoms with van der Waals surface area (Å²) in [4.78, 5) is 13.0. The van der Waals surface area contributed by atoms with Gasteiger partial charge in [-0.05, 0) is 55.0 Å². The summed E-state index contributed by atoms with van der Waals surface area (Å²) < 4.78 is 68.0. The second kappa shape index (κ2) is 9.67. The number of hydrogen-bond donors (Lipinski definition) is 2. The molecule has 0 aliphatic heterocycles. The number of halogens is 4. The number of amides is 1. The van der Waals surface area contributed by atoms with E-state index in [1.807, 2.05) is 0 Å². The molecule has 1 heterocycles. The normalized spacial score (nSPS) is 15.3. The van der Waals surface area contributed by atoms with Crippen LogP contribution in [0.5, 0.6) is 0 Å². The Labute approximate surface area is 222 Å². The lowest BCUT2D eigenvalue weighted by Crippen LogP contribution is -2.36. The van der Waals surface area contributed by atoms with Gasteiger partial charge in [0, 0.05) is 10.9 Å². The van der Waals surface area contributed by atoms with Crippen molar-refractivity contribution in [2.24, 2.45) is 0 Å². The smallest absolute Gasteiger partial charge is 0.291 e. The van der Waals surface area contributed by atoms with Gasteiger partial charge in [0.25, 0.3) is 11.8 Å². The summed E-state index contributed by atoms with van der Waals surface area (Å²) in [6.45, 7) is 0.579. The number of nitrogens with one attached hydrogen (secondary N) is 2. The molecular weight excluding hydrogens is 537 g/mol. The van der Waals surface area contributed by atoms with E-state index in [9.17, 15) is 9.00 Å². The van der Waals surface area contributed by atoms with E-state index in [0.29, 0.717) is 11.1 Å². The average molecular weight is 559 g/mol. The fourth-order valence-corrected chi connectivity index (χ4v) is 6.18. The van der Waals surface area contributed by atoms with Crippen LogP contribution < -0.4 is 5.32 Å². The molecule has 1 aliphatic rings. The number of hydrogen-bond acceptors (Lipinski definition) is 5. The molecule has 1 amide bonds. The van der Waals surface area contributed by atoms with Crippen molar-refractivity contribution in [1.82, 2.24) is 15.5 Å². The highest BCUT2D eigenvalue weighted by Gasteiger charge is 2.36. The van der Waals surface area contributed by atoms with E-state index >= 15 is 13.2 Å². The van der Waals surface area contributed by atoms with Crippen molar-refractivity contribution >= 4 is 38.1 Å². The number of carbonyl (C=O) groups is 1. The van der Waals surface area contributed by atoms with E-state index < -0.39 is 49.4 Å². The first-order valence-electron chi connectivity index (χ1n) is 11.8. The molecule has 4 aromatic rings. The van der Waals surface area contributed by atoms with E-state index in [2.05, 4.69) is 15.5 Å². The molecule has 2 N–H and O–H groups in total. The Kier molecular flexibility index (Phi) is 6.65. The third-order valence-electron chi connectivity index (χ3n) is 6.44. The Morgan fingerprint density at radius 2 is 1.87 bits per heavy atom. The van der Waals surface area contributed by atoms with Gasteiger partial charge in [0.2, 0.25) is 0 Å². The number of aromatic nitrogens is 2. The molecule has 1 aliphatic carbocycles. The first-order chi connectivity index (χ1) is 18.0. The van der Waals surface area contributed by atoms with E-state index in [-0.39, 0.29) is 27.4 Å². The van der Waals surface area contributed by atoms with Crippen LogP contribution >= 0.6 is 11.6 Å². The lowest BCUT2D eigenvalue weighted by molar-refractivity contribution is -0.00239. The van der Waals surface area contributed by atoms with E-state index in [4.69, 9.17) is 16.4 Å². The van der Waals surface area contributed by atoms with Gasteiger partial charge in [0.05, 0.1) is 27.5 Å². The first-order valence-corrected chi connectivity index (χ1v) is 13.7. The molecule has 0 bridgehead atoms. The van der Waals surface area contributed by atoms with Crippen molar-refractivity contribution in [3.8, 4) is 0 Å². The summed E-state index contributed by atoms with van der Waals surface area (Å²) in [5.41, 5.74) is 0.415. The van der Waals surface area contributed by atoms with Crippen molar-refractivity contribution in [3.63, 3.8) is 0 Å². The highest BCUT2D eigenvalue weighted by Crippen LogP contribution is 2.43. The van der Waals surface area contributed by atoms with Gasteiger partial charge in [-0.3, -0.25) is 4.79 Å². The van der Waals surface area contributed by atoms with Crippen LogP contribution in [0.25, 0.3) is 10.9 Å². The van der Waals surface area contributed by atoms with Crippen LogP contribution in [0.4, 0.5) is 13.2 Å². The van der Waals surface area contributed by atoms with Gasteiger partial charge in [-0.2, -0.15) is 8.78 Å². The largest absolute Gasteiger partial charge is 0.345 e. The summed E-state index contributed by atoms with van der Waals surface area (Å²) in [5.74, 6) is -5.40. The number of benzene rings is 3. The van der Waals surface area contributed by atoms with Crippen molar-refractivity contribution in [3.05, 3.63) is 93.8 Å². The summed E-state index contributed by atoms with van der Waals surface area (Å²) >= 11 is 6.02. The zero-order valence-electron chi connectivity index (χ0n) is 20.1. The van der Waals surface area contributed by atoms with Crippen molar-refractivity contribution in [2.75, 3.05) is 6.54 Å². The molecule has 11 heteroatoms. The van der Waals surface area contributed by atoms with Crippen LogP contribution in [0.2, 0.25) is 5.02 Å². The molecule has 0 radical (unpaired) electrons. The Hall–Kier alpha value is -3.50. The predicted molar refractivity (Wildman–Crippen MR) is 138 cm³/mol. The molecule has 1 unspecified atom stereocenters. The molecule has 0 saturated heterocycles. The van der Waals surface area contributed by atoms with Crippen LogP contribution in [0, 0.1) is 17.5 Å². The highest BCUT2D eigenvalue weighted by molar-refractivity contribution is 7.92. The first kappa shape index (κ1) is 26.1. The zero-order valence-corrected chi connectivity index (χ0v) is 21.7. The van der Waals surface area contributed by atoms with Crippen LogP contribution in [0.15, 0.2) is 70.6 Å². The maximum absolute atomic E-state index is 15.4. The Bertz CT molecular complexity index is 1690. The van der Waals surface area contributed by atoms with Crippen molar-refractivity contribution in [2.45, 2.75) is 41.5 Å². The average Bonchev–Trinajstić information content (AvgIpc) is 3.72. The Morgan fingerprint density at radius 1 is 1.13 bits per heavy atom. The quantitative estimate of drug-likeness (QED) is 0.267. The van der Waals surface area contributed by atoms with E-state index in [0.717, 1.165) is 12.8 Å². The van der Waals surface area contributed by atoms with Gasteiger partial charge in [-0.25, -0.2) is 13.4 Å². The third-order valence-corrected chi connectivity index (χ3v) is 8.52. The van der Waals surface area contributed by atoms with Gasteiger partial charge in [0.15, 0.2) is 5.03 Å². The molecule has 38 heavy (non-hydrogen) atoms. The van der Waals surface area contributed by atoms with Gasteiger partial charge in [0.1, 0.15) is 15.5 Å². The predicted octanol–water partition coefficient (Wildman–Crippen LogP) is 6.59. The van der Waals surface area contributed by atoms with Gasteiger partial charge >= 0.3 is 0 Å². The van der Waals surface area contributed by atoms with Crippen molar-refractivity contribution in [1.29, 1.82) is 4.78 Å². The minimum atomic E-state index is -4.20. The van der Waals surface area contributed by atoms with Gasteiger partial charge in [-0.1, -0.05) is 54.1 Å². The number of carbonyl (C=O) groups excluding carboxylic acids is 1. The fraction of sp³-hybridized carbons (Fsp3) is 0.222. The molecule has 1 atom stereocenters. The molecule has 1 saturated carbocycles. The molecule has 3 aromatic carbocycles. The van der Waals surface area contributed by atoms with Crippen LogP contribution in [-0.2, 0) is 15.7 Å². The molecule has 196 valence electrons. The van der Waals surface area contributed by atoms with Crippen LogP contribution in [0.3, 0.4) is 0 Å². The van der Waals surface area contributed by atoms with Crippen molar-refractivity contribution < 1.29 is 22.2 Å². The van der Waals surface area contributed by atoms with Crippen LogP contribution in [-0.4, -0.2) is 26.9 Å². The van der Waals surface area contributed by atoms with E-state index in [1.54, 1.807) is 25.1 Å². The zero-order chi connectivity index (χ0) is 27.2. The summed E-state index contributed by atoms with van der Waals surface area (Å²) in [7, 11) is -4.20. The molecular formula is C27H22ClF3N4O2S. The van der Waals surface area contributed by atoms with Gasteiger partial charge in [-0.15, -0.1) is 10.2 Å². The van der Waals surface area contributed by atoms with E-state index in [1.165, 1.54) is 42.5 Å². The molecule has 1 fully saturated rings. The Balaban J connectivity index is 1.57. The maximum atomic E-state index is 15.4.